The van der Waals surface area contributed by atoms with Crippen LogP contribution in [0.15, 0.2) is 42.6 Å². The monoisotopic (exact) mass is 247 g/mol. The summed E-state index contributed by atoms with van der Waals surface area (Å²) in [5.74, 6) is -0.141. The van der Waals surface area contributed by atoms with E-state index >= 15 is 0 Å². The molecular formula is C12H13N3O3. The van der Waals surface area contributed by atoms with Crippen molar-refractivity contribution in [2.24, 2.45) is 0 Å². The van der Waals surface area contributed by atoms with E-state index in [1.807, 2.05) is 30.3 Å². The molecule has 0 radical (unpaired) electrons. The molecular weight excluding hydrogens is 234 g/mol. The van der Waals surface area contributed by atoms with Crippen molar-refractivity contribution in [3.63, 3.8) is 0 Å². The van der Waals surface area contributed by atoms with E-state index in [0.717, 1.165) is 5.56 Å². The zero-order chi connectivity index (χ0) is 12.8. The average Bonchev–Trinajstić information content (AvgIpc) is 2.85. The van der Waals surface area contributed by atoms with Gasteiger partial charge in [-0.2, -0.15) is 4.68 Å². The molecule has 1 aromatic heterocycles. The molecule has 1 aromatic carbocycles. The van der Waals surface area contributed by atoms with E-state index in [1.54, 1.807) is 6.20 Å². The molecule has 18 heavy (non-hydrogen) atoms. The third-order valence-electron chi connectivity index (χ3n) is 2.39. The van der Waals surface area contributed by atoms with E-state index < -0.39 is 4.92 Å². The van der Waals surface area contributed by atoms with Crippen LogP contribution in [0.25, 0.3) is 0 Å². The van der Waals surface area contributed by atoms with Crippen molar-refractivity contribution in [2.45, 2.75) is 13.2 Å². The molecule has 2 rings (SSSR count). The number of hydrogen-bond acceptors (Lipinski definition) is 4. The summed E-state index contributed by atoms with van der Waals surface area (Å²) in [7, 11) is 0. The zero-order valence-corrected chi connectivity index (χ0v) is 9.73. The topological polar surface area (TPSA) is 70.2 Å². The molecule has 0 bridgehead atoms. The second kappa shape index (κ2) is 5.92. The van der Waals surface area contributed by atoms with Gasteiger partial charge in [0.15, 0.2) is 0 Å². The average molecular weight is 247 g/mol. The molecule has 6 nitrogen and oxygen atoms in total. The number of ether oxygens (including phenoxy) is 1. The van der Waals surface area contributed by atoms with Crippen LogP contribution in [0.4, 0.5) is 5.82 Å². The normalized spacial score (nSPS) is 10.4. The van der Waals surface area contributed by atoms with Crippen molar-refractivity contribution >= 4 is 5.82 Å². The lowest BCUT2D eigenvalue weighted by molar-refractivity contribution is -0.389. The van der Waals surface area contributed by atoms with Crippen LogP contribution in [0, 0.1) is 10.1 Å². The fraction of sp³-hybridized carbons (Fsp3) is 0.250. The molecule has 2 aromatic rings. The summed E-state index contributed by atoms with van der Waals surface area (Å²) in [5.41, 5.74) is 1.10. The van der Waals surface area contributed by atoms with Crippen molar-refractivity contribution in [3.8, 4) is 0 Å². The quantitative estimate of drug-likeness (QED) is 0.444. The van der Waals surface area contributed by atoms with Gasteiger partial charge in [-0.15, -0.1) is 0 Å². The molecule has 0 aliphatic carbocycles. The summed E-state index contributed by atoms with van der Waals surface area (Å²) in [6.45, 7) is 1.50. The summed E-state index contributed by atoms with van der Waals surface area (Å²) in [6, 6.07) is 11.2. The molecule has 0 spiro atoms. The Morgan fingerprint density at radius 3 is 2.72 bits per heavy atom. The highest BCUT2D eigenvalue weighted by atomic mass is 16.6. The zero-order valence-electron chi connectivity index (χ0n) is 9.73. The lowest BCUT2D eigenvalue weighted by Gasteiger charge is -2.02. The molecule has 0 unspecified atom stereocenters. The van der Waals surface area contributed by atoms with Gasteiger partial charge in [-0.25, -0.2) is 0 Å². The molecule has 0 saturated heterocycles. The van der Waals surface area contributed by atoms with Crippen LogP contribution < -0.4 is 0 Å². The Hall–Kier alpha value is -2.21. The van der Waals surface area contributed by atoms with Gasteiger partial charge in [0.25, 0.3) is 0 Å². The largest absolute Gasteiger partial charge is 0.389 e. The molecule has 0 aliphatic rings. The summed E-state index contributed by atoms with van der Waals surface area (Å²) in [5, 5.41) is 14.2. The Labute approximate surface area is 104 Å². The maximum Gasteiger partial charge on any atom is 0.389 e. The molecule has 1 heterocycles. The highest BCUT2D eigenvalue weighted by molar-refractivity contribution is 5.14. The maximum atomic E-state index is 10.4. The van der Waals surface area contributed by atoms with Crippen molar-refractivity contribution < 1.29 is 9.66 Å². The van der Waals surface area contributed by atoms with Crippen LogP contribution in [0.2, 0.25) is 0 Å². The van der Waals surface area contributed by atoms with Crippen LogP contribution in [-0.2, 0) is 17.9 Å². The summed E-state index contributed by atoms with van der Waals surface area (Å²) in [6.07, 6.45) is 1.57. The molecule has 0 amide bonds. The first-order chi connectivity index (χ1) is 8.75. The van der Waals surface area contributed by atoms with Crippen molar-refractivity contribution in [1.82, 2.24) is 9.78 Å². The standard InChI is InChI=1S/C12H13N3O3/c16-15(17)12-6-7-14(13-12)8-9-18-10-11-4-2-1-3-5-11/h1-7H,8-10H2. The smallest absolute Gasteiger partial charge is 0.375 e. The summed E-state index contributed by atoms with van der Waals surface area (Å²) >= 11 is 0. The van der Waals surface area contributed by atoms with E-state index in [9.17, 15) is 10.1 Å². The Morgan fingerprint density at radius 2 is 2.06 bits per heavy atom. The van der Waals surface area contributed by atoms with E-state index in [-0.39, 0.29) is 5.82 Å². The Morgan fingerprint density at radius 1 is 1.28 bits per heavy atom. The first kappa shape index (κ1) is 12.3. The SMILES string of the molecule is O=[N+]([O-])c1ccn(CCOCc2ccccc2)n1. The minimum Gasteiger partial charge on any atom is -0.375 e. The lowest BCUT2D eigenvalue weighted by Crippen LogP contribution is -2.07. The number of rotatable bonds is 6. The Kier molecular flexibility index (Phi) is 4.03. The van der Waals surface area contributed by atoms with E-state index in [1.165, 1.54) is 10.7 Å². The molecule has 0 aliphatic heterocycles. The van der Waals surface area contributed by atoms with Gasteiger partial charge in [0, 0.05) is 0 Å². The third kappa shape index (κ3) is 3.39. The number of benzene rings is 1. The van der Waals surface area contributed by atoms with Gasteiger partial charge in [0.05, 0.1) is 37.1 Å². The molecule has 0 N–H and O–H groups in total. The molecule has 94 valence electrons. The second-order valence-electron chi connectivity index (χ2n) is 3.73. The van der Waals surface area contributed by atoms with Gasteiger partial charge < -0.3 is 14.9 Å². The lowest BCUT2D eigenvalue weighted by atomic mass is 10.2. The van der Waals surface area contributed by atoms with Crippen molar-refractivity contribution in [1.29, 1.82) is 0 Å². The fourth-order valence-corrected chi connectivity index (χ4v) is 1.50. The highest BCUT2D eigenvalue weighted by Gasteiger charge is 2.09. The van der Waals surface area contributed by atoms with Gasteiger partial charge in [0.2, 0.25) is 0 Å². The number of aromatic nitrogens is 2. The van der Waals surface area contributed by atoms with E-state index in [0.29, 0.717) is 19.8 Å². The molecule has 0 atom stereocenters. The van der Waals surface area contributed by atoms with Gasteiger partial charge in [-0.05, 0) is 10.5 Å². The van der Waals surface area contributed by atoms with Crippen LogP contribution >= 0.6 is 0 Å². The summed E-state index contributed by atoms with van der Waals surface area (Å²) < 4.78 is 6.97. The van der Waals surface area contributed by atoms with E-state index in [2.05, 4.69) is 5.10 Å². The Balaban J connectivity index is 1.73. The maximum absolute atomic E-state index is 10.4. The van der Waals surface area contributed by atoms with Gasteiger partial charge in [0.1, 0.15) is 0 Å². The molecule has 6 heteroatoms. The third-order valence-corrected chi connectivity index (χ3v) is 2.39. The second-order valence-corrected chi connectivity index (χ2v) is 3.73. The van der Waals surface area contributed by atoms with Crippen LogP contribution in [0.5, 0.6) is 0 Å². The minimum atomic E-state index is -0.513. The van der Waals surface area contributed by atoms with Gasteiger partial charge in [-0.1, -0.05) is 30.3 Å². The van der Waals surface area contributed by atoms with Crippen LogP contribution in [0.3, 0.4) is 0 Å². The van der Waals surface area contributed by atoms with Crippen LogP contribution in [0.1, 0.15) is 5.56 Å². The number of nitro groups is 1. The molecule has 0 saturated carbocycles. The van der Waals surface area contributed by atoms with Gasteiger partial charge >= 0.3 is 5.82 Å². The summed E-state index contributed by atoms with van der Waals surface area (Å²) in [4.78, 5) is 9.92. The number of nitrogens with zero attached hydrogens (tertiary/aromatic N) is 3. The van der Waals surface area contributed by atoms with Crippen LogP contribution in [-0.4, -0.2) is 21.3 Å². The van der Waals surface area contributed by atoms with E-state index in [4.69, 9.17) is 4.74 Å². The predicted molar refractivity (Wildman–Crippen MR) is 65.0 cm³/mol. The Bertz CT molecular complexity index is 510. The van der Waals surface area contributed by atoms with Gasteiger partial charge in [-0.3, -0.25) is 0 Å². The predicted octanol–water partition coefficient (Wildman–Crippen LogP) is 2.01. The minimum absolute atomic E-state index is 0.141. The van der Waals surface area contributed by atoms with Crippen molar-refractivity contribution in [2.75, 3.05) is 6.61 Å². The number of hydrogen-bond donors (Lipinski definition) is 0. The highest BCUT2D eigenvalue weighted by Crippen LogP contribution is 2.05. The molecule has 0 fully saturated rings. The first-order valence-corrected chi connectivity index (χ1v) is 5.55. The van der Waals surface area contributed by atoms with Crippen molar-refractivity contribution in [3.05, 3.63) is 58.3 Å². The fourth-order valence-electron chi connectivity index (χ4n) is 1.50. The first-order valence-electron chi connectivity index (χ1n) is 5.55.